The normalized spacial score (nSPS) is 12.9. The van der Waals surface area contributed by atoms with Crippen molar-refractivity contribution < 1.29 is 19.6 Å². The van der Waals surface area contributed by atoms with Crippen LogP contribution in [-0.2, 0) is 11.2 Å². The molecule has 36 heavy (non-hydrogen) atoms. The number of nitrogens with zero attached hydrogens (tertiary/aromatic N) is 2. The molecule has 2 atom stereocenters. The Morgan fingerprint density at radius 2 is 1.61 bits per heavy atom. The van der Waals surface area contributed by atoms with Crippen LogP contribution in [-0.4, -0.2) is 50.9 Å². The molecule has 0 saturated carbocycles. The third-order valence-electron chi connectivity index (χ3n) is 6.02. The lowest BCUT2D eigenvalue weighted by molar-refractivity contribution is -0.123. The molecular formula is C27H29BN4O4. The Hall–Kier alpha value is -3.82. The van der Waals surface area contributed by atoms with Crippen LogP contribution in [0.1, 0.15) is 36.3 Å². The van der Waals surface area contributed by atoms with Crippen LogP contribution in [0.5, 0.6) is 0 Å². The number of hydrogen-bond acceptors (Lipinski definition) is 6. The summed E-state index contributed by atoms with van der Waals surface area (Å²) in [4.78, 5) is 35.2. The minimum atomic E-state index is -1.73. The molecule has 0 unspecified atom stereocenters. The SMILES string of the molecule is CC(C)C[C@H](NC(=O)[C@H](Cc1cccc2ccccc12)NC(=O)c1cnc2ccccc2n1)B(O)O. The van der Waals surface area contributed by atoms with Crippen molar-refractivity contribution in [1.82, 2.24) is 20.6 Å². The van der Waals surface area contributed by atoms with Gasteiger partial charge in [-0.05, 0) is 40.8 Å². The number of fused-ring (bicyclic) bond motifs is 2. The molecule has 0 aliphatic rings. The average molecular weight is 484 g/mol. The summed E-state index contributed by atoms with van der Waals surface area (Å²) in [6.07, 6.45) is 1.95. The number of para-hydroxylation sites is 2. The smallest absolute Gasteiger partial charge is 0.426 e. The van der Waals surface area contributed by atoms with Gasteiger partial charge in [-0.15, -0.1) is 0 Å². The van der Waals surface area contributed by atoms with Crippen molar-refractivity contribution in [2.45, 2.75) is 38.7 Å². The van der Waals surface area contributed by atoms with Gasteiger partial charge in [0.25, 0.3) is 5.91 Å². The Morgan fingerprint density at radius 3 is 2.36 bits per heavy atom. The van der Waals surface area contributed by atoms with Gasteiger partial charge in [0.05, 0.1) is 23.2 Å². The minimum Gasteiger partial charge on any atom is -0.426 e. The van der Waals surface area contributed by atoms with E-state index in [0.29, 0.717) is 17.5 Å². The van der Waals surface area contributed by atoms with Crippen molar-refractivity contribution in [2.24, 2.45) is 5.92 Å². The zero-order valence-electron chi connectivity index (χ0n) is 20.3. The first-order valence-corrected chi connectivity index (χ1v) is 12.0. The molecule has 0 aliphatic heterocycles. The van der Waals surface area contributed by atoms with Crippen molar-refractivity contribution in [1.29, 1.82) is 0 Å². The van der Waals surface area contributed by atoms with Crippen molar-refractivity contribution in [3.05, 3.63) is 84.2 Å². The van der Waals surface area contributed by atoms with E-state index in [1.54, 1.807) is 12.1 Å². The van der Waals surface area contributed by atoms with Crippen molar-refractivity contribution in [3.63, 3.8) is 0 Å². The fourth-order valence-electron chi connectivity index (χ4n) is 4.24. The Bertz CT molecular complexity index is 1370. The molecule has 9 heteroatoms. The van der Waals surface area contributed by atoms with E-state index < -0.39 is 30.9 Å². The van der Waals surface area contributed by atoms with Crippen molar-refractivity contribution in [3.8, 4) is 0 Å². The summed E-state index contributed by atoms with van der Waals surface area (Å²) in [5.41, 5.74) is 2.20. The number of nitrogens with one attached hydrogen (secondary N) is 2. The lowest BCUT2D eigenvalue weighted by atomic mass is 9.75. The second-order valence-electron chi connectivity index (χ2n) is 9.27. The number of carbonyl (C=O) groups excluding carboxylic acids is 2. The van der Waals surface area contributed by atoms with E-state index in [9.17, 15) is 19.6 Å². The first-order valence-electron chi connectivity index (χ1n) is 12.0. The van der Waals surface area contributed by atoms with E-state index in [2.05, 4.69) is 20.6 Å². The number of hydrogen-bond donors (Lipinski definition) is 4. The molecule has 0 radical (unpaired) electrons. The maximum Gasteiger partial charge on any atom is 0.475 e. The van der Waals surface area contributed by atoms with Crippen LogP contribution in [0.2, 0.25) is 0 Å². The van der Waals surface area contributed by atoms with Crippen LogP contribution in [0.3, 0.4) is 0 Å². The first kappa shape index (κ1) is 25.3. The van der Waals surface area contributed by atoms with E-state index in [1.165, 1.54) is 6.20 Å². The molecule has 4 rings (SSSR count). The minimum absolute atomic E-state index is 0.0883. The molecule has 1 aromatic heterocycles. The summed E-state index contributed by atoms with van der Waals surface area (Å²) >= 11 is 0. The highest BCUT2D eigenvalue weighted by Crippen LogP contribution is 2.20. The molecule has 0 saturated heterocycles. The van der Waals surface area contributed by atoms with Gasteiger partial charge in [-0.3, -0.25) is 14.6 Å². The van der Waals surface area contributed by atoms with Gasteiger partial charge >= 0.3 is 7.12 Å². The number of amides is 2. The molecule has 4 aromatic rings. The Labute approximate surface area is 209 Å². The summed E-state index contributed by atoms with van der Waals surface area (Å²) in [5.74, 6) is -1.80. The van der Waals surface area contributed by atoms with Gasteiger partial charge in [0.15, 0.2) is 0 Å². The van der Waals surface area contributed by atoms with Crippen LogP contribution in [0.15, 0.2) is 72.9 Å². The summed E-state index contributed by atoms with van der Waals surface area (Å²) in [6.45, 7) is 3.85. The van der Waals surface area contributed by atoms with E-state index in [0.717, 1.165) is 16.3 Å². The Balaban J connectivity index is 1.63. The van der Waals surface area contributed by atoms with Gasteiger partial charge in [0, 0.05) is 6.42 Å². The largest absolute Gasteiger partial charge is 0.475 e. The second-order valence-corrected chi connectivity index (χ2v) is 9.27. The van der Waals surface area contributed by atoms with E-state index in [-0.39, 0.29) is 18.0 Å². The van der Waals surface area contributed by atoms with E-state index in [1.807, 2.05) is 68.4 Å². The molecule has 1 heterocycles. The fourth-order valence-corrected chi connectivity index (χ4v) is 4.24. The zero-order chi connectivity index (χ0) is 25.7. The molecule has 0 spiro atoms. The average Bonchev–Trinajstić information content (AvgIpc) is 2.87. The summed E-state index contributed by atoms with van der Waals surface area (Å²) in [6, 6.07) is 19.8. The van der Waals surface area contributed by atoms with Gasteiger partial charge in [-0.1, -0.05) is 68.4 Å². The molecule has 4 N–H and O–H groups in total. The lowest BCUT2D eigenvalue weighted by Gasteiger charge is -2.24. The first-order chi connectivity index (χ1) is 17.3. The summed E-state index contributed by atoms with van der Waals surface area (Å²) < 4.78 is 0. The number of carbonyl (C=O) groups is 2. The monoisotopic (exact) mass is 484 g/mol. The molecule has 184 valence electrons. The highest BCUT2D eigenvalue weighted by molar-refractivity contribution is 6.43. The predicted octanol–water partition coefficient (Wildman–Crippen LogP) is 2.67. The van der Waals surface area contributed by atoms with Crippen molar-refractivity contribution in [2.75, 3.05) is 0 Å². The summed E-state index contributed by atoms with van der Waals surface area (Å²) in [5, 5.41) is 27.1. The molecular weight excluding hydrogens is 455 g/mol. The molecule has 8 nitrogen and oxygen atoms in total. The predicted molar refractivity (Wildman–Crippen MR) is 140 cm³/mol. The summed E-state index contributed by atoms with van der Waals surface area (Å²) in [7, 11) is -1.73. The van der Waals surface area contributed by atoms with Crippen LogP contribution < -0.4 is 10.6 Å². The number of rotatable bonds is 9. The third-order valence-corrected chi connectivity index (χ3v) is 6.02. The maximum absolute atomic E-state index is 13.4. The van der Waals surface area contributed by atoms with Gasteiger partial charge in [-0.2, -0.15) is 0 Å². The van der Waals surface area contributed by atoms with Crippen LogP contribution in [0, 0.1) is 5.92 Å². The molecule has 2 amide bonds. The quantitative estimate of drug-likeness (QED) is 0.271. The number of aromatic nitrogens is 2. The highest BCUT2D eigenvalue weighted by atomic mass is 16.4. The molecule has 3 aromatic carbocycles. The fraction of sp³-hybridized carbons (Fsp3) is 0.259. The van der Waals surface area contributed by atoms with E-state index in [4.69, 9.17) is 0 Å². The molecule has 0 aliphatic carbocycles. The van der Waals surface area contributed by atoms with Crippen LogP contribution >= 0.6 is 0 Å². The second kappa shape index (κ2) is 11.3. The van der Waals surface area contributed by atoms with Gasteiger partial charge in [-0.25, -0.2) is 4.98 Å². The third kappa shape index (κ3) is 6.05. The van der Waals surface area contributed by atoms with Gasteiger partial charge in [0.2, 0.25) is 5.91 Å². The van der Waals surface area contributed by atoms with Crippen LogP contribution in [0.25, 0.3) is 21.8 Å². The zero-order valence-corrected chi connectivity index (χ0v) is 20.3. The van der Waals surface area contributed by atoms with E-state index >= 15 is 0 Å². The van der Waals surface area contributed by atoms with Crippen molar-refractivity contribution >= 4 is 40.7 Å². The lowest BCUT2D eigenvalue weighted by Crippen LogP contribution is -2.55. The topological polar surface area (TPSA) is 124 Å². The van der Waals surface area contributed by atoms with Gasteiger partial charge < -0.3 is 20.7 Å². The van der Waals surface area contributed by atoms with Gasteiger partial charge in [0.1, 0.15) is 11.7 Å². The molecule has 0 bridgehead atoms. The Morgan fingerprint density at radius 1 is 0.917 bits per heavy atom. The standard InChI is InChI=1S/C27H29BN4O4/c1-17(2)14-25(28(35)36)32-26(33)23(15-19-10-7-9-18-8-3-4-11-20(18)19)31-27(34)24-16-29-21-12-5-6-13-22(21)30-24/h3-13,16-17,23,25,35-36H,14-15H2,1-2H3,(H,31,34)(H,32,33)/t23-,25-/m0/s1. The van der Waals surface area contributed by atoms with Crippen LogP contribution in [0.4, 0.5) is 0 Å². The Kier molecular flexibility index (Phi) is 7.92. The maximum atomic E-state index is 13.4. The number of benzene rings is 3. The molecule has 0 fully saturated rings. The highest BCUT2D eigenvalue weighted by Gasteiger charge is 2.30.